The molecule has 0 bridgehead atoms. The van der Waals surface area contributed by atoms with Crippen molar-refractivity contribution >= 4 is 11.7 Å². The summed E-state index contributed by atoms with van der Waals surface area (Å²) in [5, 5.41) is 12.4. The van der Waals surface area contributed by atoms with Crippen molar-refractivity contribution in [1.82, 2.24) is 5.32 Å². The summed E-state index contributed by atoms with van der Waals surface area (Å²) in [6.45, 7) is 5.12. The van der Waals surface area contributed by atoms with Crippen molar-refractivity contribution in [1.29, 1.82) is 0 Å². The number of aliphatic carboxylic acids is 1. The molecule has 0 saturated carbocycles. The quantitative estimate of drug-likeness (QED) is 0.732. The van der Waals surface area contributed by atoms with Crippen LogP contribution in [0.4, 0.5) is 5.69 Å². The Hall–Kier alpha value is -1.75. The number of likely N-dealkylation sites (N-methyl/N-ethyl adjacent to an activating group) is 1. The summed E-state index contributed by atoms with van der Waals surface area (Å²) in [6.07, 6.45) is 1.40. The third-order valence-corrected chi connectivity index (χ3v) is 3.72. The molecule has 0 aliphatic carbocycles. The van der Waals surface area contributed by atoms with E-state index in [1.165, 1.54) is 0 Å². The van der Waals surface area contributed by atoms with E-state index in [4.69, 9.17) is 4.74 Å². The Balaban J connectivity index is 2.51. The van der Waals surface area contributed by atoms with Crippen molar-refractivity contribution in [3.63, 3.8) is 0 Å². The predicted molar refractivity (Wildman–Crippen MR) is 85.2 cm³/mol. The summed E-state index contributed by atoms with van der Waals surface area (Å²) in [4.78, 5) is 13.5. The first-order valence-electron chi connectivity index (χ1n) is 7.26. The van der Waals surface area contributed by atoms with Gasteiger partial charge in [-0.15, -0.1) is 0 Å². The van der Waals surface area contributed by atoms with Gasteiger partial charge in [0.05, 0.1) is 7.11 Å². The van der Waals surface area contributed by atoms with Crippen LogP contribution in [0.25, 0.3) is 0 Å². The van der Waals surface area contributed by atoms with E-state index >= 15 is 0 Å². The Morgan fingerprint density at radius 3 is 2.48 bits per heavy atom. The highest BCUT2D eigenvalue weighted by atomic mass is 16.5. The van der Waals surface area contributed by atoms with Gasteiger partial charge in [0.1, 0.15) is 11.3 Å². The van der Waals surface area contributed by atoms with E-state index in [2.05, 4.69) is 10.2 Å². The average Bonchev–Trinajstić information content (AvgIpc) is 2.47. The molecule has 5 nitrogen and oxygen atoms in total. The Labute approximate surface area is 126 Å². The second-order valence-corrected chi connectivity index (χ2v) is 5.39. The SMILES string of the molecule is CCNC(C)(CCCN(C)c1ccc(OC)cc1)C(=O)O. The van der Waals surface area contributed by atoms with Crippen LogP contribution in [0.15, 0.2) is 24.3 Å². The van der Waals surface area contributed by atoms with Gasteiger partial charge in [0.15, 0.2) is 0 Å². The highest BCUT2D eigenvalue weighted by molar-refractivity contribution is 5.78. The number of ether oxygens (including phenoxy) is 1. The molecule has 0 aromatic heterocycles. The molecule has 1 aromatic carbocycles. The normalized spacial score (nSPS) is 13.5. The van der Waals surface area contributed by atoms with Crippen LogP contribution < -0.4 is 15.0 Å². The Kier molecular flexibility index (Phi) is 6.49. The van der Waals surface area contributed by atoms with Crippen molar-refractivity contribution in [3.8, 4) is 5.75 Å². The summed E-state index contributed by atoms with van der Waals surface area (Å²) in [5.41, 5.74) is 0.242. The van der Waals surface area contributed by atoms with Crippen LogP contribution in [0.1, 0.15) is 26.7 Å². The first kappa shape index (κ1) is 17.3. The van der Waals surface area contributed by atoms with E-state index in [0.717, 1.165) is 24.4 Å². The lowest BCUT2D eigenvalue weighted by atomic mass is 9.95. The number of methoxy groups -OCH3 is 1. The maximum Gasteiger partial charge on any atom is 0.323 e. The van der Waals surface area contributed by atoms with Crippen molar-refractivity contribution in [3.05, 3.63) is 24.3 Å². The second kappa shape index (κ2) is 7.88. The maximum absolute atomic E-state index is 11.3. The van der Waals surface area contributed by atoms with Crippen LogP contribution in [0.2, 0.25) is 0 Å². The lowest BCUT2D eigenvalue weighted by Gasteiger charge is -2.27. The molecule has 118 valence electrons. The standard InChI is InChI=1S/C16H26N2O3/c1-5-17-16(2,15(19)20)11-6-12-18(3)13-7-9-14(21-4)10-8-13/h7-10,17H,5-6,11-12H2,1-4H3,(H,19,20). The van der Waals surface area contributed by atoms with E-state index in [1.54, 1.807) is 14.0 Å². The molecule has 1 unspecified atom stereocenters. The Morgan fingerprint density at radius 1 is 1.38 bits per heavy atom. The number of anilines is 1. The van der Waals surface area contributed by atoms with Gasteiger partial charge in [-0.3, -0.25) is 4.79 Å². The minimum Gasteiger partial charge on any atom is -0.497 e. The Bertz CT molecular complexity index is 447. The summed E-state index contributed by atoms with van der Waals surface area (Å²) in [7, 11) is 3.65. The molecule has 0 aliphatic rings. The van der Waals surface area contributed by atoms with Gasteiger partial charge < -0.3 is 20.1 Å². The fraction of sp³-hybridized carbons (Fsp3) is 0.562. The highest BCUT2D eigenvalue weighted by Gasteiger charge is 2.31. The molecule has 0 saturated heterocycles. The fourth-order valence-corrected chi connectivity index (χ4v) is 2.30. The van der Waals surface area contributed by atoms with Gasteiger partial charge in [0, 0.05) is 19.3 Å². The van der Waals surface area contributed by atoms with Gasteiger partial charge >= 0.3 is 5.97 Å². The van der Waals surface area contributed by atoms with E-state index < -0.39 is 11.5 Å². The lowest BCUT2D eigenvalue weighted by molar-refractivity contribution is -0.144. The van der Waals surface area contributed by atoms with Gasteiger partial charge in [-0.05, 0) is 50.6 Å². The summed E-state index contributed by atoms with van der Waals surface area (Å²) in [5.74, 6) is 0.0363. The van der Waals surface area contributed by atoms with Gasteiger partial charge in [-0.1, -0.05) is 6.92 Å². The van der Waals surface area contributed by atoms with E-state index in [-0.39, 0.29) is 0 Å². The van der Waals surface area contributed by atoms with Crippen molar-refractivity contribution < 1.29 is 14.6 Å². The molecule has 5 heteroatoms. The number of carboxylic acid groups (broad SMARTS) is 1. The number of hydrogen-bond acceptors (Lipinski definition) is 4. The number of nitrogens with one attached hydrogen (secondary N) is 1. The molecule has 21 heavy (non-hydrogen) atoms. The summed E-state index contributed by atoms with van der Waals surface area (Å²) >= 11 is 0. The number of rotatable bonds is 9. The summed E-state index contributed by atoms with van der Waals surface area (Å²) in [6, 6.07) is 7.84. The highest BCUT2D eigenvalue weighted by Crippen LogP contribution is 2.19. The second-order valence-electron chi connectivity index (χ2n) is 5.39. The maximum atomic E-state index is 11.3. The van der Waals surface area contributed by atoms with E-state index in [0.29, 0.717) is 13.0 Å². The van der Waals surface area contributed by atoms with Gasteiger partial charge in [0.25, 0.3) is 0 Å². The molecule has 0 amide bonds. The van der Waals surface area contributed by atoms with Crippen molar-refractivity contribution in [2.24, 2.45) is 0 Å². The molecule has 0 fully saturated rings. The molecule has 0 heterocycles. The number of hydrogen-bond donors (Lipinski definition) is 2. The van der Waals surface area contributed by atoms with Crippen molar-refractivity contribution in [2.45, 2.75) is 32.2 Å². The number of carboxylic acids is 1. The molecular formula is C16H26N2O3. The molecule has 1 aromatic rings. The van der Waals surface area contributed by atoms with E-state index in [1.807, 2.05) is 38.2 Å². The van der Waals surface area contributed by atoms with Gasteiger partial charge in [0.2, 0.25) is 0 Å². The third-order valence-electron chi connectivity index (χ3n) is 3.72. The first-order valence-corrected chi connectivity index (χ1v) is 7.26. The molecule has 0 aliphatic heterocycles. The van der Waals surface area contributed by atoms with Crippen LogP contribution in [0.3, 0.4) is 0 Å². The van der Waals surface area contributed by atoms with Crippen LogP contribution in [0.5, 0.6) is 5.75 Å². The average molecular weight is 294 g/mol. The zero-order chi connectivity index (χ0) is 15.9. The first-order chi connectivity index (χ1) is 9.92. The topological polar surface area (TPSA) is 61.8 Å². The summed E-state index contributed by atoms with van der Waals surface area (Å²) < 4.78 is 5.14. The van der Waals surface area contributed by atoms with Crippen LogP contribution in [-0.4, -0.2) is 43.9 Å². The lowest BCUT2D eigenvalue weighted by Crippen LogP contribution is -2.49. The van der Waals surface area contributed by atoms with E-state index in [9.17, 15) is 9.90 Å². The third kappa shape index (κ3) is 4.93. The van der Waals surface area contributed by atoms with Gasteiger partial charge in [-0.25, -0.2) is 0 Å². The van der Waals surface area contributed by atoms with Crippen LogP contribution >= 0.6 is 0 Å². The molecular weight excluding hydrogens is 268 g/mol. The van der Waals surface area contributed by atoms with Crippen LogP contribution in [0, 0.1) is 0 Å². The van der Waals surface area contributed by atoms with Crippen molar-refractivity contribution in [2.75, 3.05) is 32.1 Å². The molecule has 1 atom stereocenters. The Morgan fingerprint density at radius 2 is 2.00 bits per heavy atom. The monoisotopic (exact) mass is 294 g/mol. The molecule has 1 rings (SSSR count). The zero-order valence-corrected chi connectivity index (χ0v) is 13.3. The van der Waals surface area contributed by atoms with Crippen LogP contribution in [-0.2, 0) is 4.79 Å². The molecule has 2 N–H and O–H groups in total. The molecule has 0 spiro atoms. The smallest absolute Gasteiger partial charge is 0.323 e. The zero-order valence-electron chi connectivity index (χ0n) is 13.3. The largest absolute Gasteiger partial charge is 0.497 e. The number of carbonyl (C=O) groups is 1. The number of nitrogens with zero attached hydrogens (tertiary/aromatic N) is 1. The fourth-order valence-electron chi connectivity index (χ4n) is 2.30. The number of benzene rings is 1. The van der Waals surface area contributed by atoms with Gasteiger partial charge in [-0.2, -0.15) is 0 Å². The minimum atomic E-state index is -0.852. The molecule has 0 radical (unpaired) electrons. The minimum absolute atomic E-state index is 0.594. The predicted octanol–water partition coefficient (Wildman–Crippen LogP) is 2.36.